The van der Waals surface area contributed by atoms with Gasteiger partial charge in [0, 0.05) is 59.4 Å². The highest BCUT2D eigenvalue weighted by Crippen LogP contribution is 2.22. The molecule has 0 spiro atoms. The van der Waals surface area contributed by atoms with Crippen molar-refractivity contribution in [1.82, 2.24) is 19.8 Å². The zero-order valence-corrected chi connectivity index (χ0v) is 14.6. The van der Waals surface area contributed by atoms with Crippen molar-refractivity contribution in [3.8, 4) is 0 Å². The number of piperazine rings is 1. The average molecular weight is 344 g/mol. The first-order chi connectivity index (χ1) is 10.8. The van der Waals surface area contributed by atoms with Crippen molar-refractivity contribution in [2.75, 3.05) is 53.4 Å². The molecule has 2 rings (SSSR count). The minimum absolute atomic E-state index is 0.0169. The highest BCUT2D eigenvalue weighted by molar-refractivity contribution is 7.89. The second kappa shape index (κ2) is 7.43. The number of hydrogen-bond donors (Lipinski definition) is 2. The monoisotopic (exact) mass is 344 g/mol. The molecule has 0 aromatic carbocycles. The molecule has 0 unspecified atom stereocenters. The molecule has 0 bridgehead atoms. The topological polar surface area (TPSA) is 94.9 Å². The first kappa shape index (κ1) is 17.9. The number of furan rings is 1. The van der Waals surface area contributed by atoms with E-state index in [0.717, 1.165) is 37.0 Å². The molecule has 1 amide bonds. The van der Waals surface area contributed by atoms with E-state index >= 15 is 0 Å². The summed E-state index contributed by atoms with van der Waals surface area (Å²) in [5.41, 5.74) is 0. The van der Waals surface area contributed by atoms with Gasteiger partial charge in [0.05, 0.1) is 0 Å². The lowest BCUT2D eigenvalue weighted by molar-refractivity contribution is 0.0918. The molecule has 1 aromatic heterocycles. The molecule has 1 fully saturated rings. The fourth-order valence-corrected chi connectivity index (χ4v) is 3.43. The second-order valence-corrected chi connectivity index (χ2v) is 7.79. The highest BCUT2D eigenvalue weighted by atomic mass is 32.2. The summed E-state index contributed by atoms with van der Waals surface area (Å²) in [7, 11) is -0.735. The summed E-state index contributed by atoms with van der Waals surface area (Å²) < 4.78 is 30.7. The largest absolute Gasteiger partial charge is 0.455 e. The van der Waals surface area contributed by atoms with Crippen LogP contribution in [0.5, 0.6) is 0 Å². The lowest BCUT2D eigenvalue weighted by Gasteiger charge is -2.26. The summed E-state index contributed by atoms with van der Waals surface area (Å²) in [5, 5.41) is 6.03. The van der Waals surface area contributed by atoms with Crippen LogP contribution < -0.4 is 10.6 Å². The van der Waals surface area contributed by atoms with Crippen molar-refractivity contribution in [2.24, 2.45) is 0 Å². The summed E-state index contributed by atoms with van der Waals surface area (Å²) in [6, 6.07) is 1.28. The molecule has 1 aliphatic heterocycles. The number of carbonyl (C=O) groups excluding carboxylic acids is 1. The van der Waals surface area contributed by atoms with E-state index < -0.39 is 15.9 Å². The van der Waals surface area contributed by atoms with Crippen molar-refractivity contribution >= 4 is 15.9 Å². The Morgan fingerprint density at radius 3 is 2.65 bits per heavy atom. The molecule has 23 heavy (non-hydrogen) atoms. The van der Waals surface area contributed by atoms with Crippen molar-refractivity contribution in [1.29, 1.82) is 0 Å². The third-order valence-corrected chi connectivity index (χ3v) is 5.70. The third kappa shape index (κ3) is 4.31. The smallest absolute Gasteiger partial charge is 0.287 e. The molecule has 9 heteroatoms. The average Bonchev–Trinajstić information content (AvgIpc) is 2.91. The van der Waals surface area contributed by atoms with E-state index in [1.54, 1.807) is 0 Å². The van der Waals surface area contributed by atoms with Crippen LogP contribution >= 0.6 is 0 Å². The molecule has 1 aliphatic rings. The molecule has 8 nitrogen and oxygen atoms in total. The van der Waals surface area contributed by atoms with Gasteiger partial charge in [0.2, 0.25) is 10.0 Å². The second-order valence-electron chi connectivity index (χ2n) is 5.67. The Balaban J connectivity index is 1.95. The van der Waals surface area contributed by atoms with Crippen LogP contribution in [0.15, 0.2) is 15.4 Å². The summed E-state index contributed by atoms with van der Waals surface area (Å²) >= 11 is 0. The minimum Gasteiger partial charge on any atom is -0.455 e. The van der Waals surface area contributed by atoms with Crippen LogP contribution in [0.3, 0.4) is 0 Å². The summed E-state index contributed by atoms with van der Waals surface area (Å²) in [4.78, 5) is 14.4. The molecule has 1 saturated heterocycles. The van der Waals surface area contributed by atoms with E-state index in [1.807, 2.05) is 0 Å². The minimum atomic E-state index is -3.61. The van der Waals surface area contributed by atoms with Crippen molar-refractivity contribution in [3.05, 3.63) is 17.6 Å². The van der Waals surface area contributed by atoms with E-state index in [1.165, 1.54) is 27.1 Å². The Morgan fingerprint density at radius 1 is 1.39 bits per heavy atom. The fraction of sp³-hybridized carbons (Fsp3) is 0.643. The van der Waals surface area contributed by atoms with E-state index in [2.05, 4.69) is 15.5 Å². The molecular formula is C14H24N4O4S. The first-order valence-electron chi connectivity index (χ1n) is 7.56. The molecule has 130 valence electrons. The number of nitrogens with zero attached hydrogens (tertiary/aromatic N) is 2. The highest BCUT2D eigenvalue weighted by Gasteiger charge is 2.25. The van der Waals surface area contributed by atoms with Gasteiger partial charge in [-0.1, -0.05) is 0 Å². The van der Waals surface area contributed by atoms with Gasteiger partial charge in [-0.05, 0) is 6.92 Å². The molecule has 0 aliphatic carbocycles. The Bertz CT molecular complexity index is 648. The maximum absolute atomic E-state index is 12.1. The van der Waals surface area contributed by atoms with Gasteiger partial charge in [0.1, 0.15) is 10.7 Å². The van der Waals surface area contributed by atoms with Crippen LogP contribution in [0, 0.1) is 6.92 Å². The predicted molar refractivity (Wildman–Crippen MR) is 86.0 cm³/mol. The van der Waals surface area contributed by atoms with Crippen LogP contribution in [-0.4, -0.2) is 76.9 Å². The number of carbonyl (C=O) groups is 1. The molecule has 2 N–H and O–H groups in total. The number of hydrogen-bond acceptors (Lipinski definition) is 6. The van der Waals surface area contributed by atoms with E-state index in [9.17, 15) is 13.2 Å². The van der Waals surface area contributed by atoms with E-state index in [4.69, 9.17) is 4.42 Å². The maximum atomic E-state index is 12.1. The Hall–Kier alpha value is -1.42. The Labute approximate surface area is 136 Å². The number of aryl methyl sites for hydroxylation is 1. The number of rotatable bonds is 6. The zero-order chi connectivity index (χ0) is 17.0. The summed E-state index contributed by atoms with van der Waals surface area (Å²) in [6.07, 6.45) is 0. The lowest BCUT2D eigenvalue weighted by atomic mass is 10.3. The maximum Gasteiger partial charge on any atom is 0.287 e. The first-order valence-corrected chi connectivity index (χ1v) is 9.00. The van der Waals surface area contributed by atoms with Crippen LogP contribution in [0.1, 0.15) is 16.3 Å². The van der Waals surface area contributed by atoms with Crippen LogP contribution in [0.25, 0.3) is 0 Å². The summed E-state index contributed by atoms with van der Waals surface area (Å²) in [6.45, 7) is 6.62. The van der Waals surface area contributed by atoms with Crippen LogP contribution in [0.2, 0.25) is 0 Å². The van der Waals surface area contributed by atoms with Crippen LogP contribution in [0.4, 0.5) is 0 Å². The molecule has 0 radical (unpaired) electrons. The predicted octanol–water partition coefficient (Wildman–Crippen LogP) is -0.527. The quantitative estimate of drug-likeness (QED) is 0.721. The molecule has 1 aromatic rings. The van der Waals surface area contributed by atoms with Gasteiger partial charge in [-0.2, -0.15) is 0 Å². The standard InChI is InChI=1S/C14H24N4O4S/c1-11-13(23(20,21)17(2)3)10-12(22-11)14(19)16-6-9-18-7-4-15-5-8-18/h10,15H,4-9H2,1-3H3,(H,16,19). The number of amides is 1. The zero-order valence-electron chi connectivity index (χ0n) is 13.8. The van der Waals surface area contributed by atoms with Gasteiger partial charge >= 0.3 is 0 Å². The van der Waals surface area contributed by atoms with Crippen molar-refractivity contribution < 1.29 is 17.6 Å². The van der Waals surface area contributed by atoms with Gasteiger partial charge in [-0.25, -0.2) is 12.7 Å². The van der Waals surface area contributed by atoms with Gasteiger partial charge in [0.15, 0.2) is 5.76 Å². The fourth-order valence-electron chi connectivity index (χ4n) is 2.38. The number of nitrogens with one attached hydrogen (secondary N) is 2. The van der Waals surface area contributed by atoms with Gasteiger partial charge in [-0.3, -0.25) is 9.69 Å². The molecule has 0 atom stereocenters. The Kier molecular flexibility index (Phi) is 5.79. The normalized spacial score (nSPS) is 16.7. The van der Waals surface area contributed by atoms with Gasteiger partial charge in [-0.15, -0.1) is 0 Å². The Morgan fingerprint density at radius 2 is 2.04 bits per heavy atom. The van der Waals surface area contributed by atoms with Crippen LogP contribution in [-0.2, 0) is 10.0 Å². The van der Waals surface area contributed by atoms with Crippen molar-refractivity contribution in [3.63, 3.8) is 0 Å². The lowest BCUT2D eigenvalue weighted by Crippen LogP contribution is -2.46. The van der Waals surface area contributed by atoms with E-state index in [-0.39, 0.29) is 16.4 Å². The van der Waals surface area contributed by atoms with E-state index in [0.29, 0.717) is 6.54 Å². The molecule has 2 heterocycles. The molecule has 0 saturated carbocycles. The molecular weight excluding hydrogens is 320 g/mol. The number of sulfonamides is 1. The van der Waals surface area contributed by atoms with Gasteiger partial charge in [0.25, 0.3) is 5.91 Å². The summed E-state index contributed by atoms with van der Waals surface area (Å²) in [5.74, 6) is -0.169. The SMILES string of the molecule is Cc1oc(C(=O)NCCN2CCNCC2)cc1S(=O)(=O)N(C)C. The third-order valence-electron chi connectivity index (χ3n) is 3.78. The van der Waals surface area contributed by atoms with Crippen molar-refractivity contribution in [2.45, 2.75) is 11.8 Å². The van der Waals surface area contributed by atoms with Gasteiger partial charge < -0.3 is 15.1 Å².